The van der Waals surface area contributed by atoms with Crippen LogP contribution in [0.25, 0.3) is 0 Å². The molecule has 0 amide bonds. The van der Waals surface area contributed by atoms with Gasteiger partial charge in [0.1, 0.15) is 0 Å². The number of ether oxygens (including phenoxy) is 1. The van der Waals surface area contributed by atoms with E-state index in [-0.39, 0.29) is 6.10 Å². The van der Waals surface area contributed by atoms with Crippen molar-refractivity contribution in [3.63, 3.8) is 0 Å². The first-order chi connectivity index (χ1) is 3.85. The molecule has 1 nitrogen and oxygen atoms in total. The SMILES string of the molecule is [C]OC(CC)CCC. The summed E-state index contributed by atoms with van der Waals surface area (Å²) in [5.41, 5.74) is 0. The highest BCUT2D eigenvalue weighted by atomic mass is 16.5. The Labute approximate surface area is 52.0 Å². The predicted molar refractivity (Wildman–Crippen MR) is 33.3 cm³/mol. The maximum absolute atomic E-state index is 6.56. The van der Waals surface area contributed by atoms with Crippen molar-refractivity contribution < 1.29 is 4.74 Å². The highest BCUT2D eigenvalue weighted by Crippen LogP contribution is 2.04. The van der Waals surface area contributed by atoms with Gasteiger partial charge in [0, 0.05) is 0 Å². The highest BCUT2D eigenvalue weighted by molar-refractivity contribution is 4.52. The second-order valence-corrected chi connectivity index (χ2v) is 1.94. The fourth-order valence-corrected chi connectivity index (χ4v) is 0.668. The molecule has 1 atom stereocenters. The Bertz CT molecular complexity index is 39.7. The minimum absolute atomic E-state index is 0.167. The molecule has 8 heavy (non-hydrogen) atoms. The van der Waals surface area contributed by atoms with Gasteiger partial charge in [-0.2, -0.15) is 0 Å². The summed E-state index contributed by atoms with van der Waals surface area (Å²) in [6.07, 6.45) is 3.24. The Balaban J connectivity index is 3.07. The van der Waals surface area contributed by atoms with Crippen LogP contribution in [0.5, 0.6) is 0 Å². The van der Waals surface area contributed by atoms with Crippen LogP contribution < -0.4 is 0 Å². The van der Waals surface area contributed by atoms with Gasteiger partial charge in [-0.3, -0.25) is 0 Å². The summed E-state index contributed by atoms with van der Waals surface area (Å²) in [5, 5.41) is 0. The van der Waals surface area contributed by atoms with Crippen molar-refractivity contribution in [2.24, 2.45) is 0 Å². The van der Waals surface area contributed by atoms with Crippen LogP contribution in [0, 0.1) is 7.11 Å². The van der Waals surface area contributed by atoms with Crippen LogP contribution in [-0.4, -0.2) is 6.10 Å². The Morgan fingerprint density at radius 2 is 2.12 bits per heavy atom. The van der Waals surface area contributed by atoms with E-state index in [1.54, 1.807) is 0 Å². The molecule has 0 heterocycles. The highest BCUT2D eigenvalue weighted by Gasteiger charge is 1.99. The van der Waals surface area contributed by atoms with E-state index in [2.05, 4.69) is 11.7 Å². The second kappa shape index (κ2) is 5.10. The smallest absolute Gasteiger partial charge is 0.173 e. The quantitative estimate of drug-likeness (QED) is 0.542. The van der Waals surface area contributed by atoms with E-state index in [0.717, 1.165) is 19.3 Å². The fourth-order valence-electron chi connectivity index (χ4n) is 0.668. The number of rotatable bonds is 4. The Morgan fingerprint density at radius 3 is 2.25 bits per heavy atom. The molecule has 0 aliphatic heterocycles. The lowest BCUT2D eigenvalue weighted by molar-refractivity contribution is 0.125. The standard InChI is InChI=1S/C7H13O/c1-4-6-7(5-2)8-3/h7H,4-6H2,1-2H3. The largest absolute Gasteiger partial charge is 0.362 e. The van der Waals surface area contributed by atoms with Crippen LogP contribution in [0.15, 0.2) is 0 Å². The summed E-state index contributed by atoms with van der Waals surface area (Å²) in [4.78, 5) is 0. The van der Waals surface area contributed by atoms with Crippen LogP contribution in [0.1, 0.15) is 33.1 Å². The molecule has 3 radical (unpaired) electrons. The van der Waals surface area contributed by atoms with Crippen molar-refractivity contribution in [1.29, 1.82) is 0 Å². The third-order valence-corrected chi connectivity index (χ3v) is 1.23. The molecule has 0 aliphatic rings. The molecule has 0 rings (SSSR count). The molecule has 0 aromatic rings. The molecule has 0 saturated heterocycles. The van der Waals surface area contributed by atoms with Gasteiger partial charge in [0.05, 0.1) is 6.10 Å². The van der Waals surface area contributed by atoms with E-state index in [1.807, 2.05) is 6.92 Å². The zero-order chi connectivity index (χ0) is 6.41. The summed E-state index contributed by atoms with van der Waals surface area (Å²) in [6.45, 7) is 4.14. The van der Waals surface area contributed by atoms with Crippen LogP contribution in [-0.2, 0) is 4.74 Å². The first-order valence-electron chi connectivity index (χ1n) is 3.17. The van der Waals surface area contributed by atoms with Crippen molar-refractivity contribution in [2.45, 2.75) is 39.2 Å². The van der Waals surface area contributed by atoms with E-state index < -0.39 is 0 Å². The molecule has 0 bridgehead atoms. The lowest BCUT2D eigenvalue weighted by atomic mass is 10.2. The van der Waals surface area contributed by atoms with Crippen LogP contribution in [0.4, 0.5) is 0 Å². The van der Waals surface area contributed by atoms with E-state index >= 15 is 0 Å². The van der Waals surface area contributed by atoms with Crippen molar-refractivity contribution in [2.75, 3.05) is 0 Å². The minimum Gasteiger partial charge on any atom is -0.362 e. The molecule has 1 unspecified atom stereocenters. The minimum atomic E-state index is 0.167. The number of hydrogen-bond acceptors (Lipinski definition) is 1. The Morgan fingerprint density at radius 1 is 1.50 bits per heavy atom. The average Bonchev–Trinajstić information content (AvgIpc) is 1.83. The van der Waals surface area contributed by atoms with Crippen LogP contribution >= 0.6 is 0 Å². The molecule has 47 valence electrons. The summed E-state index contributed by atoms with van der Waals surface area (Å²) in [7, 11) is 6.56. The van der Waals surface area contributed by atoms with E-state index in [4.69, 9.17) is 7.11 Å². The molecule has 0 aliphatic carbocycles. The Hall–Kier alpha value is -0.0400. The maximum Gasteiger partial charge on any atom is 0.173 e. The van der Waals surface area contributed by atoms with Gasteiger partial charge >= 0.3 is 0 Å². The summed E-state index contributed by atoms with van der Waals surface area (Å²) < 4.78 is 4.39. The Kier molecular flexibility index (Phi) is 5.08. The zero-order valence-corrected chi connectivity index (χ0v) is 5.61. The molecule has 1 heteroatoms. The molecule has 0 aromatic carbocycles. The normalized spacial score (nSPS) is 13.9. The fraction of sp³-hybridized carbons (Fsp3) is 0.857. The summed E-state index contributed by atoms with van der Waals surface area (Å²) in [5.74, 6) is 0. The lowest BCUT2D eigenvalue weighted by Crippen LogP contribution is -2.05. The molecule has 0 saturated carbocycles. The topological polar surface area (TPSA) is 9.23 Å². The van der Waals surface area contributed by atoms with E-state index in [9.17, 15) is 0 Å². The third kappa shape index (κ3) is 3.03. The van der Waals surface area contributed by atoms with Crippen LogP contribution in [0.2, 0.25) is 0 Å². The molecule has 0 aromatic heterocycles. The van der Waals surface area contributed by atoms with Gasteiger partial charge in [0.2, 0.25) is 0 Å². The van der Waals surface area contributed by atoms with E-state index in [1.165, 1.54) is 0 Å². The average molecular weight is 113 g/mol. The second-order valence-electron chi connectivity index (χ2n) is 1.94. The first kappa shape index (κ1) is 7.96. The maximum atomic E-state index is 6.56. The van der Waals surface area contributed by atoms with Gasteiger partial charge in [-0.15, -0.1) is 0 Å². The van der Waals surface area contributed by atoms with Crippen LogP contribution in [0.3, 0.4) is 0 Å². The lowest BCUT2D eigenvalue weighted by Gasteiger charge is -2.08. The van der Waals surface area contributed by atoms with Crippen molar-refractivity contribution in [3.05, 3.63) is 7.11 Å². The van der Waals surface area contributed by atoms with Crippen molar-refractivity contribution in [3.8, 4) is 0 Å². The van der Waals surface area contributed by atoms with Crippen molar-refractivity contribution in [1.82, 2.24) is 0 Å². The molecule has 0 spiro atoms. The van der Waals surface area contributed by atoms with Gasteiger partial charge < -0.3 is 4.74 Å². The third-order valence-electron chi connectivity index (χ3n) is 1.23. The first-order valence-corrected chi connectivity index (χ1v) is 3.17. The molecule has 0 fully saturated rings. The summed E-state index contributed by atoms with van der Waals surface area (Å²) in [6, 6.07) is 0. The predicted octanol–water partition coefficient (Wildman–Crippen LogP) is 2.13. The molecular formula is C7H13O. The molecule has 0 N–H and O–H groups in total. The monoisotopic (exact) mass is 113 g/mol. The van der Waals surface area contributed by atoms with Gasteiger partial charge in [0.25, 0.3) is 0 Å². The van der Waals surface area contributed by atoms with Crippen molar-refractivity contribution >= 4 is 0 Å². The summed E-state index contributed by atoms with van der Waals surface area (Å²) >= 11 is 0. The molecular weight excluding hydrogens is 100 g/mol. The van der Waals surface area contributed by atoms with Gasteiger partial charge in [-0.1, -0.05) is 20.3 Å². The van der Waals surface area contributed by atoms with Gasteiger partial charge in [-0.05, 0) is 12.8 Å². The van der Waals surface area contributed by atoms with Gasteiger partial charge in [0.15, 0.2) is 7.11 Å². The van der Waals surface area contributed by atoms with E-state index in [0.29, 0.717) is 0 Å². The van der Waals surface area contributed by atoms with Gasteiger partial charge in [-0.25, -0.2) is 0 Å². The zero-order valence-electron chi connectivity index (χ0n) is 5.61. The number of hydrogen-bond donors (Lipinski definition) is 0.